The molecule has 2 aromatic carbocycles. The fourth-order valence-electron chi connectivity index (χ4n) is 3.18. The maximum atomic E-state index is 9.25. The lowest BCUT2D eigenvalue weighted by atomic mass is 10.0. The zero-order chi connectivity index (χ0) is 14.1. The monoisotopic (exact) mass is 265 g/mol. The van der Waals surface area contributed by atoms with Gasteiger partial charge >= 0.3 is 0 Å². The van der Waals surface area contributed by atoms with Crippen LogP contribution in [0.25, 0.3) is 10.8 Å². The van der Waals surface area contributed by atoms with Crippen LogP contribution in [0.15, 0.2) is 36.4 Å². The summed E-state index contributed by atoms with van der Waals surface area (Å²) in [6, 6.07) is 15.5. The van der Waals surface area contributed by atoms with E-state index in [2.05, 4.69) is 42.3 Å². The van der Waals surface area contributed by atoms with Gasteiger partial charge in [0.05, 0.1) is 11.6 Å². The molecule has 0 saturated carbocycles. The summed E-state index contributed by atoms with van der Waals surface area (Å²) in [5.41, 5.74) is 1.99. The molecule has 3 rings (SSSR count). The third kappa shape index (κ3) is 2.23. The number of hydrogen-bond donors (Lipinski definition) is 1. The van der Waals surface area contributed by atoms with Crippen LogP contribution in [0.4, 0.5) is 5.69 Å². The molecule has 2 atom stereocenters. The molecule has 0 aromatic heterocycles. The first-order valence-electron chi connectivity index (χ1n) is 7.12. The minimum atomic E-state index is 0.480. The van der Waals surface area contributed by atoms with Crippen molar-refractivity contribution < 1.29 is 0 Å². The number of piperazine rings is 1. The molecule has 0 spiro atoms. The van der Waals surface area contributed by atoms with E-state index in [1.165, 1.54) is 11.1 Å². The largest absolute Gasteiger partial charge is 0.368 e. The highest BCUT2D eigenvalue weighted by Gasteiger charge is 2.22. The Morgan fingerprint density at radius 1 is 1.05 bits per heavy atom. The average molecular weight is 265 g/mol. The second-order valence-corrected chi connectivity index (χ2v) is 5.66. The van der Waals surface area contributed by atoms with Crippen molar-refractivity contribution in [3.8, 4) is 6.07 Å². The summed E-state index contributed by atoms with van der Waals surface area (Å²) in [7, 11) is 0. The van der Waals surface area contributed by atoms with E-state index in [1.807, 2.05) is 24.3 Å². The Morgan fingerprint density at radius 3 is 2.35 bits per heavy atom. The van der Waals surface area contributed by atoms with Crippen LogP contribution in [0.2, 0.25) is 0 Å². The molecule has 3 heteroatoms. The number of nitrogens with zero attached hydrogens (tertiary/aromatic N) is 2. The molecule has 102 valence electrons. The van der Waals surface area contributed by atoms with Crippen LogP contribution in [-0.4, -0.2) is 25.2 Å². The van der Waals surface area contributed by atoms with Crippen LogP contribution in [0, 0.1) is 11.3 Å². The molecule has 0 aliphatic carbocycles. The van der Waals surface area contributed by atoms with E-state index in [0.29, 0.717) is 12.1 Å². The molecular weight excluding hydrogens is 246 g/mol. The average Bonchev–Trinajstić information content (AvgIpc) is 2.45. The van der Waals surface area contributed by atoms with Gasteiger partial charge in [-0.1, -0.05) is 24.3 Å². The summed E-state index contributed by atoms with van der Waals surface area (Å²) in [5.74, 6) is 0. The number of benzene rings is 2. The van der Waals surface area contributed by atoms with Crippen LogP contribution in [0.1, 0.15) is 19.4 Å². The molecule has 2 aromatic rings. The van der Waals surface area contributed by atoms with Crippen LogP contribution >= 0.6 is 0 Å². The van der Waals surface area contributed by atoms with Crippen molar-refractivity contribution in [2.45, 2.75) is 25.9 Å². The molecule has 0 radical (unpaired) electrons. The summed E-state index contributed by atoms with van der Waals surface area (Å²) in [5, 5.41) is 15.0. The summed E-state index contributed by atoms with van der Waals surface area (Å²) in [6.07, 6.45) is 0. The lowest BCUT2D eigenvalue weighted by molar-refractivity contribution is 0.407. The molecule has 1 N–H and O–H groups in total. The Labute approximate surface area is 119 Å². The van der Waals surface area contributed by atoms with E-state index in [9.17, 15) is 5.26 Å². The van der Waals surface area contributed by atoms with E-state index in [-0.39, 0.29) is 0 Å². The van der Waals surface area contributed by atoms with Gasteiger partial charge in [-0.05, 0) is 26.0 Å². The molecule has 0 bridgehead atoms. The zero-order valence-corrected chi connectivity index (χ0v) is 11.9. The van der Waals surface area contributed by atoms with Gasteiger partial charge in [-0.3, -0.25) is 0 Å². The molecule has 0 amide bonds. The molecule has 0 unspecified atom stereocenters. The van der Waals surface area contributed by atoms with Crippen molar-refractivity contribution >= 4 is 16.5 Å². The molecule has 20 heavy (non-hydrogen) atoms. The van der Waals surface area contributed by atoms with E-state index in [4.69, 9.17) is 0 Å². The van der Waals surface area contributed by atoms with Crippen LogP contribution in [0.3, 0.4) is 0 Å². The Morgan fingerprint density at radius 2 is 1.70 bits per heavy atom. The lowest BCUT2D eigenvalue weighted by Crippen LogP contribution is -2.54. The smallest absolute Gasteiger partial charge is 0.0998 e. The van der Waals surface area contributed by atoms with Gasteiger partial charge in [0.25, 0.3) is 0 Å². The Kier molecular flexibility index (Phi) is 3.33. The highest BCUT2D eigenvalue weighted by atomic mass is 15.2. The van der Waals surface area contributed by atoms with Crippen LogP contribution < -0.4 is 10.2 Å². The first-order chi connectivity index (χ1) is 9.69. The fraction of sp³-hybridized carbons (Fsp3) is 0.353. The predicted octanol–water partition coefficient (Wildman–Crippen LogP) is 2.90. The number of rotatable bonds is 1. The van der Waals surface area contributed by atoms with Crippen molar-refractivity contribution in [3.63, 3.8) is 0 Å². The molecule has 3 nitrogen and oxygen atoms in total. The van der Waals surface area contributed by atoms with Gasteiger partial charge in [-0.2, -0.15) is 5.26 Å². The normalized spacial score (nSPS) is 22.8. The maximum absolute atomic E-state index is 9.25. The van der Waals surface area contributed by atoms with Gasteiger partial charge in [0.15, 0.2) is 0 Å². The summed E-state index contributed by atoms with van der Waals surface area (Å²) < 4.78 is 0. The van der Waals surface area contributed by atoms with Gasteiger partial charge in [-0.15, -0.1) is 0 Å². The van der Waals surface area contributed by atoms with Crippen molar-refractivity contribution in [3.05, 3.63) is 42.0 Å². The first kappa shape index (κ1) is 13.0. The minimum absolute atomic E-state index is 0.480. The number of nitrogens with one attached hydrogen (secondary N) is 1. The second-order valence-electron chi connectivity index (χ2n) is 5.66. The van der Waals surface area contributed by atoms with Gasteiger partial charge in [-0.25, -0.2) is 0 Å². The number of hydrogen-bond acceptors (Lipinski definition) is 3. The number of anilines is 1. The van der Waals surface area contributed by atoms with Gasteiger partial charge in [0, 0.05) is 41.6 Å². The van der Waals surface area contributed by atoms with Crippen molar-refractivity contribution in [1.29, 1.82) is 5.26 Å². The van der Waals surface area contributed by atoms with E-state index in [1.54, 1.807) is 0 Å². The number of nitriles is 1. The SMILES string of the molecule is C[C@@H]1CN(c2ccc(C#N)c3ccccc23)C[C@H](C)N1. The van der Waals surface area contributed by atoms with E-state index in [0.717, 1.165) is 24.0 Å². The third-order valence-corrected chi connectivity index (χ3v) is 3.92. The Hall–Kier alpha value is -2.05. The van der Waals surface area contributed by atoms with Gasteiger partial charge < -0.3 is 10.2 Å². The first-order valence-corrected chi connectivity index (χ1v) is 7.12. The second kappa shape index (κ2) is 5.15. The predicted molar refractivity (Wildman–Crippen MR) is 82.9 cm³/mol. The van der Waals surface area contributed by atoms with Gasteiger partial charge in [0.2, 0.25) is 0 Å². The minimum Gasteiger partial charge on any atom is -0.368 e. The summed E-state index contributed by atoms with van der Waals surface area (Å²) in [6.45, 7) is 6.43. The molecule has 1 aliphatic heterocycles. The van der Waals surface area contributed by atoms with Gasteiger partial charge in [0.1, 0.15) is 0 Å². The Balaban J connectivity index is 2.11. The summed E-state index contributed by atoms with van der Waals surface area (Å²) in [4.78, 5) is 2.43. The zero-order valence-electron chi connectivity index (χ0n) is 11.9. The third-order valence-electron chi connectivity index (χ3n) is 3.92. The standard InChI is InChI=1S/C17H19N3/c1-12-10-20(11-13(2)19-12)17-8-7-14(9-18)15-5-3-4-6-16(15)17/h3-8,12-13,19H,10-11H2,1-2H3/t12-,13+. The maximum Gasteiger partial charge on any atom is 0.0998 e. The van der Waals surface area contributed by atoms with E-state index >= 15 is 0 Å². The molecule has 1 saturated heterocycles. The quantitative estimate of drug-likeness (QED) is 0.861. The molecule has 1 fully saturated rings. The highest BCUT2D eigenvalue weighted by Crippen LogP contribution is 2.30. The lowest BCUT2D eigenvalue weighted by Gasteiger charge is -2.38. The van der Waals surface area contributed by atoms with Crippen molar-refractivity contribution in [2.24, 2.45) is 0 Å². The molecule has 1 heterocycles. The Bertz CT molecular complexity index is 661. The molecular formula is C17H19N3. The van der Waals surface area contributed by atoms with Crippen molar-refractivity contribution in [1.82, 2.24) is 5.32 Å². The van der Waals surface area contributed by atoms with E-state index < -0.39 is 0 Å². The topological polar surface area (TPSA) is 39.1 Å². The summed E-state index contributed by atoms with van der Waals surface area (Å²) >= 11 is 0. The highest BCUT2D eigenvalue weighted by molar-refractivity contribution is 5.97. The fourth-order valence-corrected chi connectivity index (χ4v) is 3.18. The van der Waals surface area contributed by atoms with Crippen LogP contribution in [0.5, 0.6) is 0 Å². The number of fused-ring (bicyclic) bond motifs is 1. The van der Waals surface area contributed by atoms with Crippen molar-refractivity contribution in [2.75, 3.05) is 18.0 Å². The molecule has 1 aliphatic rings. The van der Waals surface area contributed by atoms with Crippen LogP contribution in [-0.2, 0) is 0 Å².